The first-order valence-electron chi connectivity index (χ1n) is 7.36. The van der Waals surface area contributed by atoms with Gasteiger partial charge in [0.25, 0.3) is 0 Å². The van der Waals surface area contributed by atoms with E-state index in [1.165, 1.54) is 0 Å². The van der Waals surface area contributed by atoms with Crippen molar-refractivity contribution >= 4 is 11.8 Å². The number of benzene rings is 1. The molecule has 1 atom stereocenters. The zero-order valence-electron chi connectivity index (χ0n) is 12.4. The van der Waals surface area contributed by atoms with Crippen molar-refractivity contribution in [2.75, 3.05) is 32.8 Å². The van der Waals surface area contributed by atoms with Crippen LogP contribution in [0.4, 0.5) is 0 Å². The summed E-state index contributed by atoms with van der Waals surface area (Å²) in [7, 11) is 0. The predicted molar refractivity (Wildman–Crippen MR) is 79.9 cm³/mol. The molecule has 0 spiro atoms. The molecule has 5 heteroatoms. The minimum absolute atomic E-state index is 0.0364. The van der Waals surface area contributed by atoms with Gasteiger partial charge in [-0.05, 0) is 12.5 Å². The van der Waals surface area contributed by atoms with Gasteiger partial charge >= 0.3 is 0 Å². The highest BCUT2D eigenvalue weighted by Gasteiger charge is 2.22. The van der Waals surface area contributed by atoms with E-state index < -0.39 is 0 Å². The highest BCUT2D eigenvalue weighted by Crippen LogP contribution is 2.17. The molecule has 2 amide bonds. The van der Waals surface area contributed by atoms with E-state index in [4.69, 9.17) is 4.74 Å². The molecular formula is C16H22N2O3. The maximum absolute atomic E-state index is 12.6. The highest BCUT2D eigenvalue weighted by molar-refractivity contribution is 5.84. The monoisotopic (exact) mass is 290 g/mol. The molecule has 5 nitrogen and oxygen atoms in total. The second-order valence-electron chi connectivity index (χ2n) is 5.17. The van der Waals surface area contributed by atoms with Crippen molar-refractivity contribution in [1.29, 1.82) is 0 Å². The number of nitrogens with one attached hydrogen (secondary N) is 1. The fourth-order valence-corrected chi connectivity index (χ4v) is 2.35. The fraction of sp³-hybridized carbons (Fsp3) is 0.500. The van der Waals surface area contributed by atoms with Crippen LogP contribution in [-0.4, -0.2) is 49.6 Å². The number of amides is 2. The number of hydrogen-bond acceptors (Lipinski definition) is 3. The third kappa shape index (κ3) is 4.56. The Morgan fingerprint density at radius 3 is 2.76 bits per heavy atom. The lowest BCUT2D eigenvalue weighted by Gasteiger charge is -2.26. The Hall–Kier alpha value is -1.88. The van der Waals surface area contributed by atoms with Crippen molar-refractivity contribution < 1.29 is 14.3 Å². The summed E-state index contributed by atoms with van der Waals surface area (Å²) < 4.78 is 5.42. The van der Waals surface area contributed by atoms with E-state index in [2.05, 4.69) is 5.32 Å². The van der Waals surface area contributed by atoms with Gasteiger partial charge in [-0.1, -0.05) is 30.3 Å². The van der Waals surface area contributed by atoms with E-state index in [1.807, 2.05) is 37.3 Å². The van der Waals surface area contributed by atoms with Gasteiger partial charge in [0.15, 0.2) is 0 Å². The van der Waals surface area contributed by atoms with Gasteiger partial charge in [-0.2, -0.15) is 0 Å². The molecule has 1 heterocycles. The molecule has 21 heavy (non-hydrogen) atoms. The quantitative estimate of drug-likeness (QED) is 0.889. The second kappa shape index (κ2) is 7.78. The zero-order chi connectivity index (χ0) is 15.1. The summed E-state index contributed by atoms with van der Waals surface area (Å²) in [5.41, 5.74) is 0.991. The van der Waals surface area contributed by atoms with Crippen LogP contribution in [-0.2, 0) is 14.3 Å². The molecule has 2 rings (SSSR count). The van der Waals surface area contributed by atoms with Crippen LogP contribution >= 0.6 is 0 Å². The normalized spacial score (nSPS) is 18.7. The third-order valence-electron chi connectivity index (χ3n) is 3.66. The molecule has 1 aromatic carbocycles. The Morgan fingerprint density at radius 1 is 1.24 bits per heavy atom. The van der Waals surface area contributed by atoms with Crippen molar-refractivity contribution in [3.05, 3.63) is 35.9 Å². The van der Waals surface area contributed by atoms with E-state index in [9.17, 15) is 9.59 Å². The molecule has 1 fully saturated rings. The van der Waals surface area contributed by atoms with Gasteiger partial charge in [0.2, 0.25) is 11.8 Å². The van der Waals surface area contributed by atoms with Gasteiger partial charge in [-0.3, -0.25) is 9.59 Å². The zero-order valence-corrected chi connectivity index (χ0v) is 12.4. The van der Waals surface area contributed by atoms with Crippen molar-refractivity contribution in [3.8, 4) is 0 Å². The van der Waals surface area contributed by atoms with E-state index in [0.29, 0.717) is 39.3 Å². The summed E-state index contributed by atoms with van der Waals surface area (Å²) in [5, 5.41) is 2.77. The van der Waals surface area contributed by atoms with Gasteiger partial charge in [-0.25, -0.2) is 0 Å². The van der Waals surface area contributed by atoms with Crippen LogP contribution in [0.25, 0.3) is 0 Å². The number of nitrogens with zero attached hydrogens (tertiary/aromatic N) is 1. The summed E-state index contributed by atoms with van der Waals surface area (Å²) in [6.45, 7) is 4.39. The van der Waals surface area contributed by atoms with Crippen LogP contribution < -0.4 is 5.32 Å². The predicted octanol–water partition coefficient (Wildman–Crippen LogP) is 1.16. The van der Waals surface area contributed by atoms with Crippen LogP contribution in [0, 0.1) is 0 Å². The SMILES string of the molecule is CC(C(=O)N1CCOCCNC(=O)CC1)c1ccccc1. The molecule has 0 bridgehead atoms. The van der Waals surface area contributed by atoms with Crippen LogP contribution in [0.15, 0.2) is 30.3 Å². The Kier molecular flexibility index (Phi) is 5.75. The molecule has 1 N–H and O–H groups in total. The van der Waals surface area contributed by atoms with Crippen molar-refractivity contribution in [2.24, 2.45) is 0 Å². The van der Waals surface area contributed by atoms with Crippen molar-refractivity contribution in [2.45, 2.75) is 19.3 Å². The number of carbonyl (C=O) groups is 2. The van der Waals surface area contributed by atoms with E-state index in [1.54, 1.807) is 4.90 Å². The number of carbonyl (C=O) groups excluding carboxylic acids is 2. The third-order valence-corrected chi connectivity index (χ3v) is 3.66. The highest BCUT2D eigenvalue weighted by atomic mass is 16.5. The lowest BCUT2D eigenvalue weighted by atomic mass is 9.99. The van der Waals surface area contributed by atoms with E-state index in [-0.39, 0.29) is 17.7 Å². The molecule has 1 saturated heterocycles. The lowest BCUT2D eigenvalue weighted by Crippen LogP contribution is -2.41. The van der Waals surface area contributed by atoms with Crippen molar-refractivity contribution in [3.63, 3.8) is 0 Å². The Bertz CT molecular complexity index is 476. The van der Waals surface area contributed by atoms with Crippen LogP contribution in [0.1, 0.15) is 24.8 Å². The molecule has 0 radical (unpaired) electrons. The molecule has 1 aliphatic heterocycles. The molecular weight excluding hydrogens is 268 g/mol. The first kappa shape index (κ1) is 15.5. The topological polar surface area (TPSA) is 58.6 Å². The lowest BCUT2D eigenvalue weighted by molar-refractivity contribution is -0.134. The van der Waals surface area contributed by atoms with Gasteiger partial charge in [-0.15, -0.1) is 0 Å². The largest absolute Gasteiger partial charge is 0.378 e. The van der Waals surface area contributed by atoms with E-state index in [0.717, 1.165) is 5.56 Å². The standard InChI is InChI=1S/C16H22N2O3/c1-13(14-5-3-2-4-6-14)16(20)18-9-7-15(19)17-8-11-21-12-10-18/h2-6,13H,7-12H2,1H3,(H,17,19). The summed E-state index contributed by atoms with van der Waals surface area (Å²) in [6.07, 6.45) is 0.341. The molecule has 0 aromatic heterocycles. The maximum atomic E-state index is 12.6. The number of ether oxygens (including phenoxy) is 1. The van der Waals surface area contributed by atoms with Gasteiger partial charge in [0, 0.05) is 26.1 Å². The summed E-state index contributed by atoms with van der Waals surface area (Å²) in [4.78, 5) is 25.9. The first-order chi connectivity index (χ1) is 10.2. The molecule has 1 aromatic rings. The first-order valence-corrected chi connectivity index (χ1v) is 7.36. The summed E-state index contributed by atoms with van der Waals surface area (Å²) in [6, 6.07) is 9.69. The number of rotatable bonds is 2. The summed E-state index contributed by atoms with van der Waals surface area (Å²) >= 11 is 0. The molecule has 0 saturated carbocycles. The Morgan fingerprint density at radius 2 is 2.00 bits per heavy atom. The molecule has 1 aliphatic rings. The average Bonchev–Trinajstić information content (AvgIpc) is 2.53. The maximum Gasteiger partial charge on any atom is 0.229 e. The fourth-order valence-electron chi connectivity index (χ4n) is 2.35. The van der Waals surface area contributed by atoms with Crippen LogP contribution in [0.5, 0.6) is 0 Å². The van der Waals surface area contributed by atoms with Crippen molar-refractivity contribution in [1.82, 2.24) is 10.2 Å². The minimum Gasteiger partial charge on any atom is -0.378 e. The Balaban J connectivity index is 2.02. The molecule has 1 unspecified atom stereocenters. The van der Waals surface area contributed by atoms with Gasteiger partial charge in [0.05, 0.1) is 19.1 Å². The second-order valence-corrected chi connectivity index (χ2v) is 5.17. The van der Waals surface area contributed by atoms with Crippen LogP contribution in [0.3, 0.4) is 0 Å². The molecule has 114 valence electrons. The average molecular weight is 290 g/mol. The summed E-state index contributed by atoms with van der Waals surface area (Å²) in [5.74, 6) is -0.207. The minimum atomic E-state index is -0.211. The smallest absolute Gasteiger partial charge is 0.229 e. The Labute approximate surface area is 125 Å². The van der Waals surface area contributed by atoms with Gasteiger partial charge < -0.3 is 15.0 Å². The van der Waals surface area contributed by atoms with Gasteiger partial charge in [0.1, 0.15) is 0 Å². The van der Waals surface area contributed by atoms with E-state index >= 15 is 0 Å². The molecule has 0 aliphatic carbocycles. The van der Waals surface area contributed by atoms with Crippen LogP contribution in [0.2, 0.25) is 0 Å². The number of hydrogen-bond donors (Lipinski definition) is 1.